The molecule has 1 fully saturated rings. The van der Waals surface area contributed by atoms with E-state index in [0.29, 0.717) is 6.04 Å². The van der Waals surface area contributed by atoms with Crippen LogP contribution in [0.5, 0.6) is 0 Å². The molecule has 17 heavy (non-hydrogen) atoms. The van der Waals surface area contributed by atoms with Gasteiger partial charge in [-0.1, -0.05) is 32.6 Å². The maximum Gasteiger partial charge on any atom is 0.101 e. The van der Waals surface area contributed by atoms with Gasteiger partial charge in [-0.15, -0.1) is 0 Å². The minimum Gasteiger partial charge on any atom is -0.469 e. The second kappa shape index (κ2) is 5.72. The predicted octanol–water partition coefficient (Wildman–Crippen LogP) is 4.06. The molecule has 1 aliphatic rings. The number of rotatable bonds is 4. The monoisotopic (exact) mass is 235 g/mol. The highest BCUT2D eigenvalue weighted by Gasteiger charge is 2.31. The molecule has 1 N–H and O–H groups in total. The van der Waals surface area contributed by atoms with Crippen molar-refractivity contribution in [2.24, 2.45) is 11.8 Å². The number of hydrogen-bond acceptors (Lipinski definition) is 2. The van der Waals surface area contributed by atoms with Crippen molar-refractivity contribution in [3.05, 3.63) is 23.7 Å². The van der Waals surface area contributed by atoms with Crippen molar-refractivity contribution >= 4 is 0 Å². The Labute approximate surface area is 105 Å². The average molecular weight is 235 g/mol. The van der Waals surface area contributed by atoms with Crippen LogP contribution in [-0.4, -0.2) is 7.05 Å². The molecule has 1 heterocycles. The van der Waals surface area contributed by atoms with Gasteiger partial charge in [0.05, 0.1) is 6.26 Å². The SMILES string of the molecule is CCC1CCCCC1C(NC)c1coc(C)c1. The molecule has 2 rings (SSSR count). The lowest BCUT2D eigenvalue weighted by atomic mass is 9.72. The first-order valence-corrected chi connectivity index (χ1v) is 6.98. The van der Waals surface area contributed by atoms with Crippen molar-refractivity contribution in [2.75, 3.05) is 7.05 Å². The normalized spacial score (nSPS) is 27.0. The molecule has 0 saturated heterocycles. The standard InChI is InChI=1S/C15H25NO/c1-4-12-7-5-6-8-14(12)15(16-3)13-9-11(2)17-10-13/h9-10,12,14-16H,4-8H2,1-3H3. The highest BCUT2D eigenvalue weighted by Crippen LogP contribution is 2.40. The lowest BCUT2D eigenvalue weighted by molar-refractivity contribution is 0.180. The third-order valence-corrected chi connectivity index (χ3v) is 4.34. The van der Waals surface area contributed by atoms with Crippen LogP contribution in [0.3, 0.4) is 0 Å². The van der Waals surface area contributed by atoms with Crippen LogP contribution in [0, 0.1) is 18.8 Å². The van der Waals surface area contributed by atoms with Gasteiger partial charge in [-0.2, -0.15) is 0 Å². The zero-order chi connectivity index (χ0) is 12.3. The molecule has 0 amide bonds. The van der Waals surface area contributed by atoms with Gasteiger partial charge in [-0.3, -0.25) is 0 Å². The number of hydrogen-bond donors (Lipinski definition) is 1. The zero-order valence-corrected chi connectivity index (χ0v) is 11.3. The summed E-state index contributed by atoms with van der Waals surface area (Å²) in [4.78, 5) is 0. The summed E-state index contributed by atoms with van der Waals surface area (Å²) in [6, 6.07) is 2.65. The van der Waals surface area contributed by atoms with Crippen molar-refractivity contribution in [1.29, 1.82) is 0 Å². The summed E-state index contributed by atoms with van der Waals surface area (Å²) < 4.78 is 5.47. The van der Waals surface area contributed by atoms with Gasteiger partial charge >= 0.3 is 0 Å². The van der Waals surface area contributed by atoms with E-state index in [0.717, 1.165) is 17.6 Å². The molecule has 1 aromatic heterocycles. The molecule has 3 unspecified atom stereocenters. The Morgan fingerprint density at radius 1 is 1.41 bits per heavy atom. The second-order valence-electron chi connectivity index (χ2n) is 5.37. The van der Waals surface area contributed by atoms with Gasteiger partial charge in [-0.25, -0.2) is 0 Å². The van der Waals surface area contributed by atoms with Crippen LogP contribution in [0.2, 0.25) is 0 Å². The minimum absolute atomic E-state index is 0.470. The molecule has 0 bridgehead atoms. The Balaban J connectivity index is 2.16. The van der Waals surface area contributed by atoms with Crippen molar-refractivity contribution in [3.63, 3.8) is 0 Å². The summed E-state index contributed by atoms with van der Waals surface area (Å²) in [6.45, 7) is 4.35. The molecule has 0 radical (unpaired) electrons. The fourth-order valence-electron chi connectivity index (χ4n) is 3.44. The van der Waals surface area contributed by atoms with Crippen LogP contribution in [0.4, 0.5) is 0 Å². The molecule has 0 aliphatic heterocycles. The van der Waals surface area contributed by atoms with Crippen molar-refractivity contribution in [1.82, 2.24) is 5.32 Å². The molecule has 3 atom stereocenters. The predicted molar refractivity (Wildman–Crippen MR) is 71.0 cm³/mol. The first-order valence-electron chi connectivity index (χ1n) is 6.98. The van der Waals surface area contributed by atoms with Gasteiger partial charge in [0.2, 0.25) is 0 Å². The molecule has 2 heteroatoms. The summed E-state index contributed by atoms with van der Waals surface area (Å²) in [5.41, 5.74) is 1.33. The minimum atomic E-state index is 0.470. The van der Waals surface area contributed by atoms with Crippen LogP contribution in [0.25, 0.3) is 0 Å². The highest BCUT2D eigenvalue weighted by molar-refractivity contribution is 5.17. The van der Waals surface area contributed by atoms with Gasteiger partial charge in [0.15, 0.2) is 0 Å². The van der Waals surface area contributed by atoms with Crippen molar-refractivity contribution < 1.29 is 4.42 Å². The largest absolute Gasteiger partial charge is 0.469 e. The maximum absolute atomic E-state index is 5.47. The Morgan fingerprint density at radius 3 is 2.76 bits per heavy atom. The fourth-order valence-corrected chi connectivity index (χ4v) is 3.44. The molecule has 2 nitrogen and oxygen atoms in total. The number of furan rings is 1. The Bertz CT molecular complexity index is 344. The van der Waals surface area contributed by atoms with E-state index >= 15 is 0 Å². The van der Waals surface area contributed by atoms with Crippen LogP contribution in [-0.2, 0) is 0 Å². The average Bonchev–Trinajstić information content (AvgIpc) is 2.77. The summed E-state index contributed by atoms with van der Waals surface area (Å²) in [6.07, 6.45) is 8.79. The molecule has 0 spiro atoms. The van der Waals surface area contributed by atoms with Gasteiger partial charge in [0.25, 0.3) is 0 Å². The van der Waals surface area contributed by atoms with Crippen LogP contribution >= 0.6 is 0 Å². The molecule has 96 valence electrons. The van der Waals surface area contributed by atoms with E-state index in [1.807, 2.05) is 13.2 Å². The van der Waals surface area contributed by atoms with Crippen molar-refractivity contribution in [3.8, 4) is 0 Å². The van der Waals surface area contributed by atoms with Crippen LogP contribution in [0.1, 0.15) is 56.4 Å². The van der Waals surface area contributed by atoms with E-state index in [-0.39, 0.29) is 0 Å². The summed E-state index contributed by atoms with van der Waals surface area (Å²) >= 11 is 0. The first-order chi connectivity index (χ1) is 8.26. The molecule has 0 aromatic carbocycles. The van der Waals surface area contributed by atoms with E-state index in [4.69, 9.17) is 4.42 Å². The smallest absolute Gasteiger partial charge is 0.101 e. The third kappa shape index (κ3) is 2.74. The molecule has 1 saturated carbocycles. The van der Waals surface area contributed by atoms with E-state index in [1.54, 1.807) is 0 Å². The number of nitrogens with one attached hydrogen (secondary N) is 1. The van der Waals surface area contributed by atoms with Gasteiger partial charge in [-0.05, 0) is 38.3 Å². The topological polar surface area (TPSA) is 25.2 Å². The van der Waals surface area contributed by atoms with Gasteiger partial charge in [0.1, 0.15) is 5.76 Å². The second-order valence-corrected chi connectivity index (χ2v) is 5.37. The third-order valence-electron chi connectivity index (χ3n) is 4.34. The summed E-state index contributed by atoms with van der Waals surface area (Å²) in [5, 5.41) is 3.51. The van der Waals surface area contributed by atoms with E-state index in [1.165, 1.54) is 37.7 Å². The molecular formula is C15H25NO. The zero-order valence-electron chi connectivity index (χ0n) is 11.3. The molecule has 1 aromatic rings. The maximum atomic E-state index is 5.47. The van der Waals surface area contributed by atoms with E-state index in [9.17, 15) is 0 Å². The van der Waals surface area contributed by atoms with Gasteiger partial charge in [0, 0.05) is 11.6 Å². The molecule has 1 aliphatic carbocycles. The number of aryl methyl sites for hydroxylation is 1. The Hall–Kier alpha value is -0.760. The summed E-state index contributed by atoms with van der Waals surface area (Å²) in [7, 11) is 2.08. The van der Waals surface area contributed by atoms with E-state index < -0.39 is 0 Å². The Morgan fingerprint density at radius 2 is 2.18 bits per heavy atom. The van der Waals surface area contributed by atoms with E-state index in [2.05, 4.69) is 25.4 Å². The lowest BCUT2D eigenvalue weighted by Crippen LogP contribution is -2.32. The summed E-state index contributed by atoms with van der Waals surface area (Å²) in [5.74, 6) is 2.66. The van der Waals surface area contributed by atoms with Crippen LogP contribution in [0.15, 0.2) is 16.7 Å². The highest BCUT2D eigenvalue weighted by atomic mass is 16.3. The first kappa shape index (κ1) is 12.7. The van der Waals surface area contributed by atoms with Crippen molar-refractivity contribution in [2.45, 2.75) is 52.0 Å². The van der Waals surface area contributed by atoms with Crippen LogP contribution < -0.4 is 5.32 Å². The fraction of sp³-hybridized carbons (Fsp3) is 0.733. The van der Waals surface area contributed by atoms with Gasteiger partial charge < -0.3 is 9.73 Å². The molecular weight excluding hydrogens is 210 g/mol. The lowest BCUT2D eigenvalue weighted by Gasteiger charge is -2.36. The Kier molecular flexibility index (Phi) is 4.27. The quantitative estimate of drug-likeness (QED) is 0.851.